The lowest BCUT2D eigenvalue weighted by Gasteiger charge is -2.65. The highest BCUT2D eigenvalue weighted by Crippen LogP contribution is 2.66. The average molecular weight is 288 g/mol. The number of rotatable bonds is 3. The molecule has 0 aromatic carbocycles. The van der Waals surface area contributed by atoms with Crippen LogP contribution in [0, 0.1) is 39.9 Å². The molecule has 0 aromatic rings. The van der Waals surface area contributed by atoms with Gasteiger partial charge in [-0.25, -0.2) is 0 Å². The van der Waals surface area contributed by atoms with E-state index in [2.05, 4.69) is 25.2 Å². The smallest absolute Gasteiger partial charge is 0.238 e. The molecule has 116 valence electrons. The molecular weight excluding hydrogens is 260 g/mol. The number of hydrogen-bond acceptors (Lipinski definition) is 2. The van der Waals surface area contributed by atoms with E-state index in [1.165, 1.54) is 19.3 Å². The van der Waals surface area contributed by atoms with Gasteiger partial charge in [-0.3, -0.25) is 4.79 Å². The molecule has 0 aromatic heterocycles. The lowest BCUT2D eigenvalue weighted by atomic mass is 9.42. The molecular formula is C18H28N2O. The van der Waals surface area contributed by atoms with Gasteiger partial charge in [-0.05, 0) is 61.2 Å². The van der Waals surface area contributed by atoms with Crippen LogP contribution >= 0.6 is 0 Å². The molecule has 4 saturated carbocycles. The molecule has 4 fully saturated rings. The normalized spacial score (nSPS) is 45.4. The predicted molar refractivity (Wildman–Crippen MR) is 82.2 cm³/mol. The summed E-state index contributed by atoms with van der Waals surface area (Å²) < 4.78 is 0. The molecule has 0 radical (unpaired) electrons. The molecule has 1 N–H and O–H groups in total. The number of nitrogens with zero attached hydrogens (tertiary/aromatic N) is 1. The summed E-state index contributed by atoms with van der Waals surface area (Å²) in [6.45, 7) is 8.72. The quantitative estimate of drug-likeness (QED) is 0.862. The van der Waals surface area contributed by atoms with Crippen molar-refractivity contribution in [1.29, 1.82) is 5.26 Å². The van der Waals surface area contributed by atoms with Gasteiger partial charge in [0.25, 0.3) is 0 Å². The Morgan fingerprint density at radius 3 is 2.14 bits per heavy atom. The zero-order chi connectivity index (χ0) is 15.5. The van der Waals surface area contributed by atoms with Gasteiger partial charge in [0.15, 0.2) is 0 Å². The Hall–Kier alpha value is -1.04. The molecule has 4 rings (SSSR count). The zero-order valence-corrected chi connectivity index (χ0v) is 13.8. The van der Waals surface area contributed by atoms with Crippen molar-refractivity contribution in [3.8, 4) is 6.07 Å². The van der Waals surface area contributed by atoms with Crippen LogP contribution in [0.5, 0.6) is 0 Å². The molecule has 3 atom stereocenters. The number of nitriles is 1. The third-order valence-electron chi connectivity index (χ3n) is 6.10. The van der Waals surface area contributed by atoms with E-state index in [-0.39, 0.29) is 17.4 Å². The van der Waals surface area contributed by atoms with Crippen molar-refractivity contribution in [1.82, 2.24) is 5.32 Å². The number of hydrogen-bond donors (Lipinski definition) is 1. The van der Waals surface area contributed by atoms with E-state index in [1.807, 2.05) is 13.8 Å². The van der Waals surface area contributed by atoms with Crippen LogP contribution in [0.2, 0.25) is 0 Å². The molecule has 4 bridgehead atoms. The van der Waals surface area contributed by atoms with Gasteiger partial charge in [-0.2, -0.15) is 5.26 Å². The second kappa shape index (κ2) is 4.48. The molecule has 0 heterocycles. The maximum Gasteiger partial charge on any atom is 0.238 e. The summed E-state index contributed by atoms with van der Waals surface area (Å²) in [7, 11) is 0. The summed E-state index contributed by atoms with van der Waals surface area (Å²) >= 11 is 0. The van der Waals surface area contributed by atoms with E-state index in [4.69, 9.17) is 0 Å². The van der Waals surface area contributed by atoms with Gasteiger partial charge >= 0.3 is 0 Å². The SMILES string of the molecule is CC(C)C(C#N)C(=O)NC12CC3CC(C)(CC(C)(C3)C1)C2. The van der Waals surface area contributed by atoms with Gasteiger partial charge in [0.1, 0.15) is 5.92 Å². The molecule has 0 saturated heterocycles. The van der Waals surface area contributed by atoms with Crippen LogP contribution in [0.15, 0.2) is 0 Å². The van der Waals surface area contributed by atoms with Gasteiger partial charge in [0, 0.05) is 5.54 Å². The minimum absolute atomic E-state index is 0.0377. The highest BCUT2D eigenvalue weighted by atomic mass is 16.2. The van der Waals surface area contributed by atoms with Gasteiger partial charge in [0.05, 0.1) is 6.07 Å². The lowest BCUT2D eigenvalue weighted by molar-refractivity contribution is -0.142. The van der Waals surface area contributed by atoms with E-state index in [9.17, 15) is 10.1 Å². The van der Waals surface area contributed by atoms with Crippen LogP contribution in [0.1, 0.15) is 66.2 Å². The standard InChI is InChI=1S/C18H28N2O/c1-12(2)14(8-19)15(21)20-18-7-13-5-16(3,10-18)9-17(4,6-13)11-18/h12-14H,5-7,9-11H2,1-4H3,(H,20,21). The van der Waals surface area contributed by atoms with Crippen molar-refractivity contribution in [2.24, 2.45) is 28.6 Å². The molecule has 3 heteroatoms. The van der Waals surface area contributed by atoms with Gasteiger partial charge in [-0.15, -0.1) is 0 Å². The van der Waals surface area contributed by atoms with Crippen LogP contribution in [0.3, 0.4) is 0 Å². The first-order chi connectivity index (χ1) is 9.68. The summed E-state index contributed by atoms with van der Waals surface area (Å²) in [5, 5.41) is 12.6. The van der Waals surface area contributed by atoms with Crippen LogP contribution in [-0.2, 0) is 4.79 Å². The average Bonchev–Trinajstić information content (AvgIpc) is 2.22. The molecule has 3 unspecified atom stereocenters. The Bertz CT molecular complexity index is 486. The molecule has 0 aliphatic heterocycles. The number of carbonyl (C=O) groups excluding carboxylic acids is 1. The van der Waals surface area contributed by atoms with Gasteiger partial charge < -0.3 is 5.32 Å². The molecule has 1 amide bonds. The number of carbonyl (C=O) groups is 1. The zero-order valence-electron chi connectivity index (χ0n) is 13.8. The van der Waals surface area contributed by atoms with Gasteiger partial charge in [-0.1, -0.05) is 27.7 Å². The van der Waals surface area contributed by atoms with Crippen molar-refractivity contribution >= 4 is 5.91 Å². The van der Waals surface area contributed by atoms with Crippen LogP contribution < -0.4 is 5.32 Å². The maximum atomic E-state index is 12.6. The van der Waals surface area contributed by atoms with E-state index < -0.39 is 5.92 Å². The van der Waals surface area contributed by atoms with Crippen molar-refractivity contribution in [2.45, 2.75) is 71.8 Å². The Morgan fingerprint density at radius 2 is 1.71 bits per heavy atom. The first kappa shape index (κ1) is 14.9. The van der Waals surface area contributed by atoms with Crippen molar-refractivity contribution < 1.29 is 4.79 Å². The number of nitrogens with one attached hydrogen (secondary N) is 1. The van der Waals surface area contributed by atoms with Crippen molar-refractivity contribution in [2.75, 3.05) is 0 Å². The molecule has 21 heavy (non-hydrogen) atoms. The molecule has 0 spiro atoms. The van der Waals surface area contributed by atoms with Crippen LogP contribution in [-0.4, -0.2) is 11.4 Å². The van der Waals surface area contributed by atoms with E-state index in [0.717, 1.165) is 25.2 Å². The Labute approximate surface area is 128 Å². The minimum atomic E-state index is -0.515. The van der Waals surface area contributed by atoms with Gasteiger partial charge in [0.2, 0.25) is 5.91 Å². The maximum absolute atomic E-state index is 12.6. The van der Waals surface area contributed by atoms with Crippen molar-refractivity contribution in [3.63, 3.8) is 0 Å². The highest BCUT2D eigenvalue weighted by molar-refractivity contribution is 5.82. The third-order valence-corrected chi connectivity index (χ3v) is 6.10. The summed E-state index contributed by atoms with van der Waals surface area (Å²) in [6, 6.07) is 2.19. The number of amides is 1. The Kier molecular flexibility index (Phi) is 3.17. The summed E-state index contributed by atoms with van der Waals surface area (Å²) in [4.78, 5) is 12.6. The van der Waals surface area contributed by atoms with Crippen LogP contribution in [0.25, 0.3) is 0 Å². The largest absolute Gasteiger partial charge is 0.349 e. The first-order valence-electron chi connectivity index (χ1n) is 8.40. The second-order valence-corrected chi connectivity index (χ2v) is 9.25. The Balaban J connectivity index is 1.82. The Morgan fingerprint density at radius 1 is 1.14 bits per heavy atom. The summed E-state index contributed by atoms with van der Waals surface area (Å²) in [5.41, 5.74) is 0.743. The van der Waals surface area contributed by atoms with Crippen molar-refractivity contribution in [3.05, 3.63) is 0 Å². The van der Waals surface area contributed by atoms with E-state index in [1.54, 1.807) is 0 Å². The second-order valence-electron chi connectivity index (χ2n) is 9.25. The first-order valence-corrected chi connectivity index (χ1v) is 8.40. The topological polar surface area (TPSA) is 52.9 Å². The highest BCUT2D eigenvalue weighted by Gasteiger charge is 2.60. The predicted octanol–water partition coefficient (Wildman–Crippen LogP) is 3.65. The van der Waals surface area contributed by atoms with Crippen LogP contribution in [0.4, 0.5) is 0 Å². The summed E-state index contributed by atoms with van der Waals surface area (Å²) in [5.74, 6) is 0.284. The third kappa shape index (κ3) is 2.47. The lowest BCUT2D eigenvalue weighted by Crippen LogP contribution is -2.65. The summed E-state index contributed by atoms with van der Waals surface area (Å²) in [6.07, 6.45) is 7.29. The monoisotopic (exact) mass is 288 g/mol. The fourth-order valence-corrected chi connectivity index (χ4v) is 6.44. The molecule has 4 aliphatic carbocycles. The molecule has 4 aliphatic rings. The van der Waals surface area contributed by atoms with E-state index in [0.29, 0.717) is 10.8 Å². The fraction of sp³-hybridized carbons (Fsp3) is 0.889. The fourth-order valence-electron chi connectivity index (χ4n) is 6.44. The molecule has 3 nitrogen and oxygen atoms in total. The van der Waals surface area contributed by atoms with E-state index >= 15 is 0 Å². The minimum Gasteiger partial charge on any atom is -0.349 e.